The lowest BCUT2D eigenvalue weighted by Gasteiger charge is -2.16. The van der Waals surface area contributed by atoms with Crippen LogP contribution in [-0.2, 0) is 6.42 Å². The zero-order chi connectivity index (χ0) is 11.4. The molecule has 4 heteroatoms. The van der Waals surface area contributed by atoms with Crippen molar-refractivity contribution in [3.63, 3.8) is 0 Å². The van der Waals surface area contributed by atoms with Gasteiger partial charge in [-0.15, -0.1) is 0 Å². The molecule has 0 amide bonds. The number of thiophene rings is 1. The van der Waals surface area contributed by atoms with Gasteiger partial charge in [0.1, 0.15) is 0 Å². The molecule has 1 N–H and O–H groups in total. The van der Waals surface area contributed by atoms with Crippen molar-refractivity contribution in [2.24, 2.45) is 0 Å². The Morgan fingerprint density at radius 3 is 3.00 bits per heavy atom. The summed E-state index contributed by atoms with van der Waals surface area (Å²) in [5.41, 5.74) is 2.41. The van der Waals surface area contributed by atoms with Gasteiger partial charge in [0.2, 0.25) is 0 Å². The highest BCUT2D eigenvalue weighted by Crippen LogP contribution is 2.24. The van der Waals surface area contributed by atoms with Crippen LogP contribution in [-0.4, -0.2) is 12.0 Å². The highest BCUT2D eigenvalue weighted by molar-refractivity contribution is 9.10. The number of nitrogens with zero attached hydrogens (tertiary/aromatic N) is 1. The minimum atomic E-state index is 0.255. The third-order valence-electron chi connectivity index (χ3n) is 2.49. The molecule has 84 valence electrons. The Hall–Kier alpha value is -0.710. The fourth-order valence-electron chi connectivity index (χ4n) is 1.63. The van der Waals surface area contributed by atoms with Crippen LogP contribution in [0.1, 0.15) is 17.3 Å². The monoisotopic (exact) mass is 296 g/mol. The molecule has 0 aliphatic rings. The Morgan fingerprint density at radius 2 is 2.38 bits per heavy atom. The fraction of sp³-hybridized carbons (Fsp3) is 0.250. The summed E-state index contributed by atoms with van der Waals surface area (Å²) in [4.78, 5) is 4.42. The minimum Gasteiger partial charge on any atom is -0.311 e. The predicted molar refractivity (Wildman–Crippen MR) is 71.8 cm³/mol. The van der Waals surface area contributed by atoms with Crippen molar-refractivity contribution >= 4 is 27.3 Å². The molecule has 2 aromatic rings. The standard InChI is InChI=1S/C12H13BrN2S/c1-14-11(7-9-4-6-16-8-9)12-10(13)3-2-5-15-12/h2-6,8,11,14H,7H2,1H3. The van der Waals surface area contributed by atoms with Gasteiger partial charge < -0.3 is 5.32 Å². The molecule has 16 heavy (non-hydrogen) atoms. The van der Waals surface area contributed by atoms with Crippen LogP contribution >= 0.6 is 27.3 Å². The molecule has 1 atom stereocenters. The van der Waals surface area contributed by atoms with E-state index < -0.39 is 0 Å². The smallest absolute Gasteiger partial charge is 0.0718 e. The highest BCUT2D eigenvalue weighted by Gasteiger charge is 2.14. The van der Waals surface area contributed by atoms with Gasteiger partial charge in [-0.25, -0.2) is 0 Å². The predicted octanol–water partition coefficient (Wildman–Crippen LogP) is 3.41. The van der Waals surface area contributed by atoms with Crippen molar-refractivity contribution in [2.45, 2.75) is 12.5 Å². The SMILES string of the molecule is CNC(Cc1ccsc1)c1ncccc1Br. The summed E-state index contributed by atoms with van der Waals surface area (Å²) in [7, 11) is 1.97. The molecular weight excluding hydrogens is 284 g/mol. The van der Waals surface area contributed by atoms with E-state index in [9.17, 15) is 0 Å². The molecule has 2 rings (SSSR count). The van der Waals surface area contributed by atoms with Crippen molar-refractivity contribution in [1.29, 1.82) is 0 Å². The number of pyridine rings is 1. The molecule has 0 aliphatic carbocycles. The quantitative estimate of drug-likeness (QED) is 0.935. The number of nitrogens with one attached hydrogen (secondary N) is 1. The maximum atomic E-state index is 4.42. The van der Waals surface area contributed by atoms with E-state index in [0.29, 0.717) is 0 Å². The summed E-state index contributed by atoms with van der Waals surface area (Å²) in [5.74, 6) is 0. The van der Waals surface area contributed by atoms with E-state index in [1.807, 2.05) is 25.4 Å². The third kappa shape index (κ3) is 2.70. The van der Waals surface area contributed by atoms with E-state index in [1.54, 1.807) is 11.3 Å². The molecule has 2 nitrogen and oxygen atoms in total. The average Bonchev–Trinajstić information content (AvgIpc) is 2.80. The summed E-state index contributed by atoms with van der Waals surface area (Å²) in [5, 5.41) is 7.60. The molecule has 0 radical (unpaired) electrons. The maximum Gasteiger partial charge on any atom is 0.0718 e. The number of rotatable bonds is 4. The van der Waals surface area contributed by atoms with Gasteiger partial charge in [0, 0.05) is 10.7 Å². The lowest BCUT2D eigenvalue weighted by molar-refractivity contribution is 0.574. The zero-order valence-corrected chi connectivity index (χ0v) is 11.4. The second-order valence-electron chi connectivity index (χ2n) is 3.55. The van der Waals surface area contributed by atoms with Crippen LogP contribution < -0.4 is 5.32 Å². The number of hydrogen-bond donors (Lipinski definition) is 1. The van der Waals surface area contributed by atoms with Crippen LogP contribution in [0.15, 0.2) is 39.6 Å². The number of halogens is 1. The Morgan fingerprint density at radius 1 is 1.50 bits per heavy atom. The summed E-state index contributed by atoms with van der Waals surface area (Å²) >= 11 is 5.27. The summed E-state index contributed by atoms with van der Waals surface area (Å²) in [6, 6.07) is 6.38. The Labute approximate surface area is 108 Å². The van der Waals surface area contributed by atoms with E-state index in [4.69, 9.17) is 0 Å². The van der Waals surface area contributed by atoms with Crippen LogP contribution in [0.4, 0.5) is 0 Å². The lowest BCUT2D eigenvalue weighted by Crippen LogP contribution is -2.20. The van der Waals surface area contributed by atoms with Crippen molar-refractivity contribution < 1.29 is 0 Å². The molecule has 0 fully saturated rings. The van der Waals surface area contributed by atoms with Gasteiger partial charge in [-0.3, -0.25) is 4.98 Å². The van der Waals surface area contributed by atoms with Gasteiger partial charge in [0.25, 0.3) is 0 Å². The number of hydrogen-bond acceptors (Lipinski definition) is 3. The van der Waals surface area contributed by atoms with Gasteiger partial charge in [-0.1, -0.05) is 0 Å². The average molecular weight is 297 g/mol. The number of likely N-dealkylation sites (N-methyl/N-ethyl adjacent to an activating group) is 1. The van der Waals surface area contributed by atoms with Gasteiger partial charge in [-0.05, 0) is 63.9 Å². The second kappa shape index (κ2) is 5.57. The third-order valence-corrected chi connectivity index (χ3v) is 3.89. The van der Waals surface area contributed by atoms with Gasteiger partial charge in [-0.2, -0.15) is 11.3 Å². The van der Waals surface area contributed by atoms with Crippen molar-refractivity contribution in [3.8, 4) is 0 Å². The first-order valence-corrected chi connectivity index (χ1v) is 6.83. The fourth-order valence-corrected chi connectivity index (χ4v) is 2.85. The van der Waals surface area contributed by atoms with Crippen LogP contribution in [0.3, 0.4) is 0 Å². The Balaban J connectivity index is 2.20. The molecule has 0 aromatic carbocycles. The first kappa shape index (κ1) is 11.8. The van der Waals surface area contributed by atoms with Crippen LogP contribution in [0.5, 0.6) is 0 Å². The van der Waals surface area contributed by atoms with Gasteiger partial charge >= 0.3 is 0 Å². The summed E-state index contributed by atoms with van der Waals surface area (Å²) in [6.45, 7) is 0. The van der Waals surface area contributed by atoms with E-state index in [2.05, 4.69) is 43.1 Å². The molecule has 0 bridgehead atoms. The normalized spacial score (nSPS) is 12.6. The first-order chi connectivity index (χ1) is 7.81. The molecule has 2 heterocycles. The summed E-state index contributed by atoms with van der Waals surface area (Å²) < 4.78 is 1.06. The van der Waals surface area contributed by atoms with Crippen LogP contribution in [0.2, 0.25) is 0 Å². The van der Waals surface area contributed by atoms with Gasteiger partial charge in [0.15, 0.2) is 0 Å². The lowest BCUT2D eigenvalue weighted by atomic mass is 10.1. The summed E-state index contributed by atoms with van der Waals surface area (Å²) in [6.07, 6.45) is 2.80. The van der Waals surface area contributed by atoms with E-state index in [1.165, 1.54) is 5.56 Å². The molecule has 0 saturated heterocycles. The molecule has 0 aliphatic heterocycles. The Kier molecular flexibility index (Phi) is 4.09. The zero-order valence-electron chi connectivity index (χ0n) is 8.98. The van der Waals surface area contributed by atoms with E-state index in [0.717, 1.165) is 16.6 Å². The van der Waals surface area contributed by atoms with Crippen molar-refractivity contribution in [3.05, 3.63) is 50.9 Å². The number of aromatic nitrogens is 1. The van der Waals surface area contributed by atoms with E-state index >= 15 is 0 Å². The topological polar surface area (TPSA) is 24.9 Å². The highest BCUT2D eigenvalue weighted by atomic mass is 79.9. The van der Waals surface area contributed by atoms with Crippen molar-refractivity contribution in [2.75, 3.05) is 7.05 Å². The second-order valence-corrected chi connectivity index (χ2v) is 5.18. The van der Waals surface area contributed by atoms with Crippen LogP contribution in [0.25, 0.3) is 0 Å². The molecule has 0 saturated carbocycles. The van der Waals surface area contributed by atoms with E-state index in [-0.39, 0.29) is 6.04 Å². The Bertz CT molecular complexity index is 442. The van der Waals surface area contributed by atoms with Crippen molar-refractivity contribution in [1.82, 2.24) is 10.3 Å². The molecular formula is C12H13BrN2S. The first-order valence-electron chi connectivity index (χ1n) is 5.10. The molecule has 1 unspecified atom stereocenters. The maximum absolute atomic E-state index is 4.42. The largest absolute Gasteiger partial charge is 0.311 e. The minimum absolute atomic E-state index is 0.255. The van der Waals surface area contributed by atoms with Crippen LogP contribution in [0, 0.1) is 0 Å². The molecule has 0 spiro atoms. The van der Waals surface area contributed by atoms with Gasteiger partial charge in [0.05, 0.1) is 11.7 Å². The molecule has 2 aromatic heterocycles.